The van der Waals surface area contributed by atoms with E-state index in [2.05, 4.69) is 30.1 Å². The van der Waals surface area contributed by atoms with Crippen LogP contribution in [0.4, 0.5) is 0 Å². The summed E-state index contributed by atoms with van der Waals surface area (Å²) in [6.07, 6.45) is 0. The van der Waals surface area contributed by atoms with E-state index in [9.17, 15) is 0 Å². The molecule has 0 fully saturated rings. The van der Waals surface area contributed by atoms with E-state index in [1.165, 1.54) is 11.1 Å². The molecule has 0 atom stereocenters. The molecule has 3 rings (SSSR count). The van der Waals surface area contributed by atoms with Crippen LogP contribution in [-0.4, -0.2) is 9.55 Å². The molecule has 1 aromatic heterocycles. The Labute approximate surface area is 122 Å². The van der Waals surface area contributed by atoms with Gasteiger partial charge in [-0.05, 0) is 48.5 Å². The Kier molecular flexibility index (Phi) is 3.13. The molecule has 98 valence electrons. The number of H-pyrrole nitrogens is 1. The predicted molar refractivity (Wildman–Crippen MR) is 82.1 cm³/mol. The molecular formula is C16H13N3S. The minimum Gasteiger partial charge on any atom is -0.331 e. The maximum Gasteiger partial charge on any atom is 0.178 e. The van der Waals surface area contributed by atoms with Crippen LogP contribution in [0.3, 0.4) is 0 Å². The quantitative estimate of drug-likeness (QED) is 0.722. The standard InChI is InChI=1S/C16H13N3S/c1-11-4-2-3-5-13(11)10-19-15-8-12(9-17)6-7-14(15)18-16(19)20/h2-8H,10H2,1H3,(H,18,20). The van der Waals surface area contributed by atoms with Crippen molar-refractivity contribution in [2.24, 2.45) is 0 Å². The third-order valence-corrected chi connectivity index (χ3v) is 3.82. The van der Waals surface area contributed by atoms with Crippen molar-refractivity contribution in [3.05, 3.63) is 63.9 Å². The second kappa shape index (κ2) is 4.95. The SMILES string of the molecule is Cc1ccccc1Cn1c(=S)[nH]c2ccc(C#N)cc21. The van der Waals surface area contributed by atoms with Crippen LogP contribution in [0.2, 0.25) is 0 Å². The van der Waals surface area contributed by atoms with Crippen molar-refractivity contribution in [1.29, 1.82) is 5.26 Å². The number of nitrogens with one attached hydrogen (secondary N) is 1. The molecule has 0 amide bonds. The predicted octanol–water partition coefficient (Wildman–Crippen LogP) is 3.93. The monoisotopic (exact) mass is 279 g/mol. The van der Waals surface area contributed by atoms with Crippen molar-refractivity contribution in [2.75, 3.05) is 0 Å². The molecular weight excluding hydrogens is 266 g/mol. The lowest BCUT2D eigenvalue weighted by Crippen LogP contribution is -2.01. The third-order valence-electron chi connectivity index (χ3n) is 3.49. The van der Waals surface area contributed by atoms with Crippen molar-refractivity contribution in [2.45, 2.75) is 13.5 Å². The summed E-state index contributed by atoms with van der Waals surface area (Å²) < 4.78 is 2.71. The van der Waals surface area contributed by atoms with Crippen LogP contribution < -0.4 is 0 Å². The highest BCUT2D eigenvalue weighted by molar-refractivity contribution is 7.71. The summed E-state index contributed by atoms with van der Waals surface area (Å²) in [5.74, 6) is 0. The Morgan fingerprint density at radius 1 is 1.25 bits per heavy atom. The number of hydrogen-bond donors (Lipinski definition) is 1. The Hall–Kier alpha value is -2.38. The molecule has 1 N–H and O–H groups in total. The average Bonchev–Trinajstić information content (AvgIpc) is 2.77. The van der Waals surface area contributed by atoms with Crippen molar-refractivity contribution in [3.63, 3.8) is 0 Å². The normalized spacial score (nSPS) is 10.6. The summed E-state index contributed by atoms with van der Waals surface area (Å²) in [7, 11) is 0. The first-order valence-corrected chi connectivity index (χ1v) is 6.77. The van der Waals surface area contributed by atoms with Gasteiger partial charge < -0.3 is 9.55 Å². The lowest BCUT2D eigenvalue weighted by atomic mass is 10.1. The van der Waals surface area contributed by atoms with Crippen LogP contribution in [0.25, 0.3) is 11.0 Å². The van der Waals surface area contributed by atoms with E-state index in [4.69, 9.17) is 17.5 Å². The first kappa shape index (κ1) is 12.6. The smallest absolute Gasteiger partial charge is 0.178 e. The molecule has 0 saturated carbocycles. The van der Waals surface area contributed by atoms with Gasteiger partial charge in [-0.1, -0.05) is 24.3 Å². The molecule has 0 radical (unpaired) electrons. The molecule has 3 aromatic rings. The number of nitriles is 1. The van der Waals surface area contributed by atoms with Crippen LogP contribution in [0.5, 0.6) is 0 Å². The maximum atomic E-state index is 9.03. The Morgan fingerprint density at radius 2 is 2.05 bits per heavy atom. The number of aromatic nitrogens is 2. The fourth-order valence-electron chi connectivity index (χ4n) is 2.34. The number of nitrogens with zero attached hydrogens (tertiary/aromatic N) is 2. The van der Waals surface area contributed by atoms with Gasteiger partial charge in [0, 0.05) is 0 Å². The number of imidazole rings is 1. The summed E-state index contributed by atoms with van der Waals surface area (Å²) >= 11 is 5.40. The first-order valence-electron chi connectivity index (χ1n) is 6.36. The third kappa shape index (κ3) is 2.13. The topological polar surface area (TPSA) is 44.5 Å². The molecule has 0 saturated heterocycles. The summed E-state index contributed by atoms with van der Waals surface area (Å²) in [6.45, 7) is 2.80. The number of hydrogen-bond acceptors (Lipinski definition) is 2. The number of rotatable bonds is 2. The maximum absolute atomic E-state index is 9.03. The highest BCUT2D eigenvalue weighted by atomic mass is 32.1. The van der Waals surface area contributed by atoms with Crippen LogP contribution in [-0.2, 0) is 6.54 Å². The van der Waals surface area contributed by atoms with Crippen LogP contribution in [0, 0.1) is 23.0 Å². The largest absolute Gasteiger partial charge is 0.331 e. The summed E-state index contributed by atoms with van der Waals surface area (Å²) in [6, 6.07) is 16.0. The molecule has 0 unspecified atom stereocenters. The van der Waals surface area contributed by atoms with Crippen molar-refractivity contribution >= 4 is 23.3 Å². The summed E-state index contributed by atoms with van der Waals surface area (Å²) in [4.78, 5) is 3.19. The van der Waals surface area contributed by atoms with Crippen molar-refractivity contribution < 1.29 is 0 Å². The van der Waals surface area contributed by atoms with Crippen LogP contribution >= 0.6 is 12.2 Å². The molecule has 1 heterocycles. The fraction of sp³-hybridized carbons (Fsp3) is 0.125. The minimum atomic E-state index is 0.644. The van der Waals surface area contributed by atoms with Crippen molar-refractivity contribution in [3.8, 4) is 6.07 Å². The molecule has 2 aromatic carbocycles. The van der Waals surface area contributed by atoms with Gasteiger partial charge in [-0.15, -0.1) is 0 Å². The van der Waals surface area contributed by atoms with Gasteiger partial charge in [0.25, 0.3) is 0 Å². The van der Waals surface area contributed by atoms with Gasteiger partial charge in [0.05, 0.1) is 29.2 Å². The number of benzene rings is 2. The van der Waals surface area contributed by atoms with E-state index in [0.717, 1.165) is 11.0 Å². The average molecular weight is 279 g/mol. The van der Waals surface area contributed by atoms with Gasteiger partial charge >= 0.3 is 0 Å². The molecule has 0 bridgehead atoms. The van der Waals surface area contributed by atoms with E-state index in [-0.39, 0.29) is 0 Å². The molecule has 0 aliphatic carbocycles. The summed E-state index contributed by atoms with van der Waals surface area (Å²) in [5.41, 5.74) is 5.04. The van der Waals surface area contributed by atoms with E-state index >= 15 is 0 Å². The lowest BCUT2D eigenvalue weighted by Gasteiger charge is -2.08. The summed E-state index contributed by atoms with van der Waals surface area (Å²) in [5, 5.41) is 9.03. The Balaban J connectivity index is 2.16. The van der Waals surface area contributed by atoms with Gasteiger partial charge in [-0.2, -0.15) is 5.26 Å². The molecule has 3 nitrogen and oxygen atoms in total. The number of aryl methyl sites for hydroxylation is 1. The molecule has 0 aliphatic rings. The van der Waals surface area contributed by atoms with Gasteiger partial charge in [-0.25, -0.2) is 0 Å². The number of aromatic amines is 1. The minimum absolute atomic E-state index is 0.644. The van der Waals surface area contributed by atoms with Crippen LogP contribution in [0.15, 0.2) is 42.5 Å². The second-order valence-corrected chi connectivity index (χ2v) is 5.17. The zero-order chi connectivity index (χ0) is 14.1. The van der Waals surface area contributed by atoms with Gasteiger partial charge in [0.15, 0.2) is 4.77 Å². The number of fused-ring (bicyclic) bond motifs is 1. The molecule has 0 spiro atoms. The lowest BCUT2D eigenvalue weighted by molar-refractivity contribution is 0.805. The van der Waals surface area contributed by atoms with E-state index in [1.54, 1.807) is 6.07 Å². The Bertz CT molecular complexity index is 881. The zero-order valence-electron chi connectivity index (χ0n) is 11.1. The Morgan fingerprint density at radius 3 is 2.80 bits per heavy atom. The van der Waals surface area contributed by atoms with Gasteiger partial charge in [-0.3, -0.25) is 0 Å². The van der Waals surface area contributed by atoms with Crippen molar-refractivity contribution in [1.82, 2.24) is 9.55 Å². The van der Waals surface area contributed by atoms with E-state index < -0.39 is 0 Å². The highest BCUT2D eigenvalue weighted by Gasteiger charge is 2.07. The molecule has 20 heavy (non-hydrogen) atoms. The first-order chi connectivity index (χ1) is 9.69. The zero-order valence-corrected chi connectivity index (χ0v) is 11.9. The van der Waals surface area contributed by atoms with E-state index in [1.807, 2.05) is 28.8 Å². The van der Waals surface area contributed by atoms with E-state index in [0.29, 0.717) is 16.9 Å². The molecule has 4 heteroatoms. The van der Waals surface area contributed by atoms with Crippen LogP contribution in [0.1, 0.15) is 16.7 Å². The van der Waals surface area contributed by atoms with Gasteiger partial charge in [0.2, 0.25) is 0 Å². The molecule has 0 aliphatic heterocycles. The highest BCUT2D eigenvalue weighted by Crippen LogP contribution is 2.18. The van der Waals surface area contributed by atoms with Gasteiger partial charge in [0.1, 0.15) is 0 Å². The fourth-order valence-corrected chi connectivity index (χ4v) is 2.61. The second-order valence-electron chi connectivity index (χ2n) is 4.79.